The van der Waals surface area contributed by atoms with Crippen LogP contribution in [0.1, 0.15) is 57.3 Å². The zero-order chi connectivity index (χ0) is 20.0. The van der Waals surface area contributed by atoms with Crippen molar-refractivity contribution in [3.63, 3.8) is 0 Å². The normalized spacial score (nSPS) is 12.6. The maximum Gasteiger partial charge on any atom is 0.407 e. The number of nitrogens with zero attached hydrogens (tertiary/aromatic N) is 3. The highest BCUT2D eigenvalue weighted by Crippen LogP contribution is 2.13. The summed E-state index contributed by atoms with van der Waals surface area (Å²) in [5, 5.41) is 13.7. The summed E-state index contributed by atoms with van der Waals surface area (Å²) in [5.41, 5.74) is 1.69. The third-order valence-corrected chi connectivity index (χ3v) is 3.98. The Bertz CT molecular complexity index is 794. The van der Waals surface area contributed by atoms with Gasteiger partial charge in [0, 0.05) is 25.2 Å². The quantitative estimate of drug-likeness (QED) is 0.725. The number of rotatable bonds is 7. The Morgan fingerprint density at radius 3 is 2.70 bits per heavy atom. The van der Waals surface area contributed by atoms with Gasteiger partial charge in [0.15, 0.2) is 0 Å². The molecule has 8 heteroatoms. The summed E-state index contributed by atoms with van der Waals surface area (Å²) in [5.74, 6) is -0.113. The van der Waals surface area contributed by atoms with Gasteiger partial charge in [0.2, 0.25) is 0 Å². The maximum atomic E-state index is 12.4. The average Bonchev–Trinajstić information content (AvgIpc) is 2.93. The molecule has 0 aliphatic carbocycles. The lowest BCUT2D eigenvalue weighted by Gasteiger charge is -2.19. The molecule has 0 unspecified atom stereocenters. The zero-order valence-corrected chi connectivity index (χ0v) is 16.7. The Morgan fingerprint density at radius 2 is 2.00 bits per heavy atom. The van der Waals surface area contributed by atoms with Crippen LogP contribution >= 0.6 is 0 Å². The molecule has 2 amide bonds. The summed E-state index contributed by atoms with van der Waals surface area (Å²) in [6.07, 6.45) is 2.15. The molecular formula is C19H29N5O3. The fraction of sp³-hybridized carbons (Fsp3) is 0.579. The van der Waals surface area contributed by atoms with Crippen LogP contribution in [0.4, 0.5) is 4.79 Å². The van der Waals surface area contributed by atoms with Gasteiger partial charge in [0.25, 0.3) is 5.91 Å². The van der Waals surface area contributed by atoms with E-state index in [9.17, 15) is 9.59 Å². The first-order valence-electron chi connectivity index (χ1n) is 9.23. The van der Waals surface area contributed by atoms with E-state index in [0.29, 0.717) is 12.1 Å². The molecule has 1 aromatic carbocycles. The van der Waals surface area contributed by atoms with Crippen LogP contribution in [0.15, 0.2) is 18.2 Å². The summed E-state index contributed by atoms with van der Waals surface area (Å²) < 4.78 is 6.83. The Kier molecular flexibility index (Phi) is 6.76. The number of unbranched alkanes of at least 4 members (excludes halogenated alkanes) is 1. The van der Waals surface area contributed by atoms with E-state index in [4.69, 9.17) is 4.74 Å². The van der Waals surface area contributed by atoms with Crippen molar-refractivity contribution in [3.8, 4) is 0 Å². The van der Waals surface area contributed by atoms with E-state index in [1.165, 1.54) is 0 Å². The monoisotopic (exact) mass is 375 g/mol. The van der Waals surface area contributed by atoms with Crippen molar-refractivity contribution in [2.45, 2.75) is 58.6 Å². The summed E-state index contributed by atoms with van der Waals surface area (Å²) >= 11 is 0. The van der Waals surface area contributed by atoms with Crippen LogP contribution in [0.3, 0.4) is 0 Å². The largest absolute Gasteiger partial charge is 0.444 e. The van der Waals surface area contributed by atoms with Crippen LogP contribution in [-0.2, 0) is 11.8 Å². The summed E-state index contributed by atoms with van der Waals surface area (Å²) in [4.78, 5) is 24.0. The number of amides is 2. The van der Waals surface area contributed by atoms with Crippen molar-refractivity contribution in [1.82, 2.24) is 25.6 Å². The van der Waals surface area contributed by atoms with Crippen molar-refractivity contribution in [1.29, 1.82) is 0 Å². The van der Waals surface area contributed by atoms with Gasteiger partial charge in [-0.25, -0.2) is 9.48 Å². The fourth-order valence-corrected chi connectivity index (χ4v) is 2.63. The molecule has 27 heavy (non-hydrogen) atoms. The molecule has 1 atom stereocenters. The van der Waals surface area contributed by atoms with E-state index in [1.807, 2.05) is 27.7 Å². The molecule has 148 valence electrons. The third-order valence-electron chi connectivity index (χ3n) is 3.98. The lowest BCUT2D eigenvalue weighted by atomic mass is 10.1. The number of carbonyl (C=O) groups excluding carboxylic acids is 2. The van der Waals surface area contributed by atoms with Gasteiger partial charge < -0.3 is 15.4 Å². The number of carbonyl (C=O) groups is 2. The average molecular weight is 375 g/mol. The smallest absolute Gasteiger partial charge is 0.407 e. The second-order valence-corrected chi connectivity index (χ2v) is 7.72. The second kappa shape index (κ2) is 8.83. The van der Waals surface area contributed by atoms with Gasteiger partial charge in [-0.3, -0.25) is 4.79 Å². The topological polar surface area (TPSA) is 98.1 Å². The van der Waals surface area contributed by atoms with Crippen molar-refractivity contribution in [3.05, 3.63) is 23.8 Å². The van der Waals surface area contributed by atoms with Crippen LogP contribution in [0.5, 0.6) is 0 Å². The molecule has 0 aliphatic heterocycles. The van der Waals surface area contributed by atoms with Gasteiger partial charge in [-0.1, -0.05) is 5.21 Å². The molecule has 2 aromatic rings. The lowest BCUT2D eigenvalue weighted by molar-refractivity contribution is 0.0527. The molecule has 1 aromatic heterocycles. The Morgan fingerprint density at radius 1 is 1.26 bits per heavy atom. The van der Waals surface area contributed by atoms with Gasteiger partial charge in [-0.05, 0) is 65.2 Å². The maximum absolute atomic E-state index is 12.4. The first-order chi connectivity index (χ1) is 12.7. The minimum Gasteiger partial charge on any atom is -0.444 e. The molecule has 0 bridgehead atoms. The minimum absolute atomic E-state index is 0.0411. The Hall–Kier alpha value is -2.64. The van der Waals surface area contributed by atoms with Crippen molar-refractivity contribution >= 4 is 23.0 Å². The first kappa shape index (κ1) is 20.7. The van der Waals surface area contributed by atoms with Gasteiger partial charge in [-0.2, -0.15) is 0 Å². The molecule has 0 spiro atoms. The Balaban J connectivity index is 1.70. The molecule has 2 rings (SSSR count). The van der Waals surface area contributed by atoms with Crippen LogP contribution in [0.2, 0.25) is 0 Å². The number of nitrogens with one attached hydrogen (secondary N) is 2. The molecule has 1 heterocycles. The fourth-order valence-electron chi connectivity index (χ4n) is 2.63. The van der Waals surface area contributed by atoms with Gasteiger partial charge in [0.1, 0.15) is 11.1 Å². The van der Waals surface area contributed by atoms with E-state index < -0.39 is 11.7 Å². The number of aryl methyl sites for hydroxylation is 1. The molecular weight excluding hydrogens is 346 g/mol. The third kappa shape index (κ3) is 6.54. The predicted molar refractivity (Wildman–Crippen MR) is 104 cm³/mol. The second-order valence-electron chi connectivity index (χ2n) is 7.72. The number of hydrogen-bond acceptors (Lipinski definition) is 5. The van der Waals surface area contributed by atoms with Gasteiger partial charge in [0.05, 0.1) is 5.52 Å². The SMILES string of the molecule is C[C@H](CCCCNC(=O)OC(C)(C)C)NC(=O)c1ccc2nnn(C)c2c1. The summed E-state index contributed by atoms with van der Waals surface area (Å²) in [6, 6.07) is 5.38. The summed E-state index contributed by atoms with van der Waals surface area (Å²) in [6.45, 7) is 8.03. The van der Waals surface area contributed by atoms with Crippen molar-refractivity contribution in [2.24, 2.45) is 7.05 Å². The van der Waals surface area contributed by atoms with Gasteiger partial charge >= 0.3 is 6.09 Å². The van der Waals surface area contributed by atoms with E-state index in [0.717, 1.165) is 30.3 Å². The number of ether oxygens (including phenoxy) is 1. The number of aromatic nitrogens is 3. The van der Waals surface area contributed by atoms with Crippen molar-refractivity contribution in [2.75, 3.05) is 6.54 Å². The van der Waals surface area contributed by atoms with Crippen LogP contribution in [-0.4, -0.2) is 45.2 Å². The van der Waals surface area contributed by atoms with E-state index >= 15 is 0 Å². The summed E-state index contributed by atoms with van der Waals surface area (Å²) in [7, 11) is 1.80. The molecule has 0 aliphatic rings. The molecule has 2 N–H and O–H groups in total. The standard InChI is InChI=1S/C19H29N5O3/c1-13(8-6-7-11-20-18(26)27-19(2,3)4)21-17(25)14-9-10-15-16(12-14)24(5)23-22-15/h9-10,12-13H,6-8,11H2,1-5H3,(H,20,26)(H,21,25)/t13-/m1/s1. The van der Waals surface area contributed by atoms with Crippen LogP contribution in [0.25, 0.3) is 11.0 Å². The first-order valence-corrected chi connectivity index (χ1v) is 9.23. The number of hydrogen-bond donors (Lipinski definition) is 2. The molecule has 0 saturated carbocycles. The van der Waals surface area contributed by atoms with E-state index in [1.54, 1.807) is 29.9 Å². The van der Waals surface area contributed by atoms with Crippen molar-refractivity contribution < 1.29 is 14.3 Å². The lowest BCUT2D eigenvalue weighted by Crippen LogP contribution is -2.34. The van der Waals surface area contributed by atoms with E-state index in [2.05, 4.69) is 20.9 Å². The zero-order valence-electron chi connectivity index (χ0n) is 16.7. The Labute approximate surface area is 159 Å². The number of benzene rings is 1. The predicted octanol–water partition coefficient (Wildman–Crippen LogP) is 2.78. The molecule has 0 saturated heterocycles. The highest BCUT2D eigenvalue weighted by atomic mass is 16.6. The number of fused-ring (bicyclic) bond motifs is 1. The van der Waals surface area contributed by atoms with Crippen LogP contribution in [0, 0.1) is 0 Å². The van der Waals surface area contributed by atoms with Crippen LogP contribution < -0.4 is 10.6 Å². The van der Waals surface area contributed by atoms with E-state index in [-0.39, 0.29) is 11.9 Å². The van der Waals surface area contributed by atoms with Gasteiger partial charge in [-0.15, -0.1) is 5.10 Å². The minimum atomic E-state index is -0.489. The highest BCUT2D eigenvalue weighted by molar-refractivity contribution is 5.97. The molecule has 8 nitrogen and oxygen atoms in total. The molecule has 0 fully saturated rings. The highest BCUT2D eigenvalue weighted by Gasteiger charge is 2.15. The number of alkyl carbamates (subject to hydrolysis) is 1. The molecule has 0 radical (unpaired) electrons.